The first-order chi connectivity index (χ1) is 14.8. The summed E-state index contributed by atoms with van der Waals surface area (Å²) in [4.78, 5) is 24.3. The number of anilines is 2. The second kappa shape index (κ2) is 9.89. The van der Waals surface area contributed by atoms with Gasteiger partial charge in [-0.15, -0.1) is 0 Å². The van der Waals surface area contributed by atoms with E-state index in [1.807, 2.05) is 0 Å². The summed E-state index contributed by atoms with van der Waals surface area (Å²) < 4.78 is 0. The van der Waals surface area contributed by atoms with Crippen molar-refractivity contribution in [1.29, 1.82) is 0 Å². The molecule has 4 atom stereocenters. The average Bonchev–Trinajstić information content (AvgIpc) is 3.01. The lowest BCUT2D eigenvalue weighted by Gasteiger charge is -2.19. The van der Waals surface area contributed by atoms with E-state index in [1.165, 1.54) is 6.20 Å². The number of amides is 1. The molecular formula is C20H23ClN6O4. The largest absolute Gasteiger partial charge is 0.396 e. The number of nitrogens with zero attached hydrogens (tertiary/aromatic N) is 3. The van der Waals surface area contributed by atoms with Crippen LogP contribution in [0.1, 0.15) is 35.0 Å². The molecule has 0 spiro atoms. The van der Waals surface area contributed by atoms with Gasteiger partial charge in [0, 0.05) is 25.3 Å². The quantitative estimate of drug-likeness (QED) is 0.268. The average molecular weight is 447 g/mol. The van der Waals surface area contributed by atoms with Crippen molar-refractivity contribution in [2.75, 3.05) is 24.2 Å². The number of rotatable bonds is 5. The fourth-order valence-electron chi connectivity index (χ4n) is 3.35. The second-order valence-electron chi connectivity index (χ2n) is 7.02. The Balaban J connectivity index is 1.96. The first-order valence-electron chi connectivity index (χ1n) is 9.67. The lowest BCUT2D eigenvalue weighted by molar-refractivity contribution is 0.00445. The van der Waals surface area contributed by atoms with Gasteiger partial charge < -0.3 is 31.7 Å². The molecule has 0 saturated heterocycles. The highest BCUT2D eigenvalue weighted by Crippen LogP contribution is 2.30. The van der Waals surface area contributed by atoms with Gasteiger partial charge in [0.25, 0.3) is 5.91 Å². The number of aliphatic hydroxyl groups is 3. The summed E-state index contributed by atoms with van der Waals surface area (Å²) in [5, 5.41) is 35.4. The van der Waals surface area contributed by atoms with Gasteiger partial charge in [0.15, 0.2) is 5.15 Å². The molecule has 0 aromatic carbocycles. The molecule has 10 nitrogen and oxygen atoms in total. The molecule has 0 bridgehead atoms. The number of hydrogen-bond donors (Lipinski definition) is 6. The van der Waals surface area contributed by atoms with Crippen molar-refractivity contribution in [2.24, 2.45) is 5.92 Å². The number of nitrogens with one attached hydrogen (secondary N) is 2. The Morgan fingerprint density at radius 2 is 2.10 bits per heavy atom. The predicted octanol–water partition coefficient (Wildman–Crippen LogP) is -0.229. The maximum absolute atomic E-state index is 12.2. The van der Waals surface area contributed by atoms with Gasteiger partial charge in [0.05, 0.1) is 17.7 Å². The van der Waals surface area contributed by atoms with Crippen LogP contribution in [-0.4, -0.2) is 67.6 Å². The third-order valence-electron chi connectivity index (χ3n) is 4.92. The molecule has 1 saturated carbocycles. The highest BCUT2D eigenvalue weighted by molar-refractivity contribution is 6.31. The zero-order chi connectivity index (χ0) is 22.5. The number of carbonyl (C=O) groups is 1. The molecule has 0 unspecified atom stereocenters. The van der Waals surface area contributed by atoms with Crippen LogP contribution in [0.5, 0.6) is 0 Å². The lowest BCUT2D eigenvalue weighted by Crippen LogP contribution is -2.35. The molecular weight excluding hydrogens is 424 g/mol. The minimum absolute atomic E-state index is 0.0160. The van der Waals surface area contributed by atoms with Crippen molar-refractivity contribution < 1.29 is 20.1 Å². The first-order valence-corrected chi connectivity index (χ1v) is 10.0. The Labute approximate surface area is 183 Å². The van der Waals surface area contributed by atoms with E-state index in [4.69, 9.17) is 17.3 Å². The number of carbonyl (C=O) groups excluding carboxylic acids is 1. The van der Waals surface area contributed by atoms with Crippen molar-refractivity contribution in [3.63, 3.8) is 0 Å². The van der Waals surface area contributed by atoms with Gasteiger partial charge in [-0.25, -0.2) is 4.98 Å². The fourth-order valence-corrected chi connectivity index (χ4v) is 3.57. The van der Waals surface area contributed by atoms with Gasteiger partial charge in [-0.1, -0.05) is 23.4 Å². The number of aliphatic hydroxyl groups excluding tert-OH is 3. The van der Waals surface area contributed by atoms with E-state index in [1.54, 1.807) is 19.1 Å². The summed E-state index contributed by atoms with van der Waals surface area (Å²) in [5.41, 5.74) is 6.46. The van der Waals surface area contributed by atoms with Gasteiger partial charge in [0.1, 0.15) is 23.2 Å². The van der Waals surface area contributed by atoms with Gasteiger partial charge in [-0.3, -0.25) is 4.79 Å². The molecule has 164 valence electrons. The molecule has 1 aliphatic carbocycles. The Bertz CT molecular complexity index is 1020. The molecule has 7 N–H and O–H groups in total. The highest BCUT2D eigenvalue weighted by Gasteiger charge is 2.41. The summed E-state index contributed by atoms with van der Waals surface area (Å²) in [7, 11) is 0. The number of nitrogen functional groups attached to an aromatic ring is 1. The predicted molar refractivity (Wildman–Crippen MR) is 114 cm³/mol. The molecule has 2 aromatic rings. The van der Waals surface area contributed by atoms with E-state index in [2.05, 4.69) is 37.4 Å². The molecule has 2 aromatic heterocycles. The van der Waals surface area contributed by atoms with Crippen LogP contribution in [0.25, 0.3) is 0 Å². The van der Waals surface area contributed by atoms with E-state index in [9.17, 15) is 20.1 Å². The Kier molecular flexibility index (Phi) is 7.25. The van der Waals surface area contributed by atoms with Gasteiger partial charge in [0.2, 0.25) is 5.95 Å². The molecule has 1 fully saturated rings. The third kappa shape index (κ3) is 5.03. The van der Waals surface area contributed by atoms with Crippen LogP contribution >= 0.6 is 11.6 Å². The molecule has 11 heteroatoms. The van der Waals surface area contributed by atoms with Gasteiger partial charge in [-0.2, -0.15) is 9.97 Å². The van der Waals surface area contributed by atoms with Crippen LogP contribution in [0, 0.1) is 17.8 Å². The number of halogens is 1. The van der Waals surface area contributed by atoms with Crippen LogP contribution < -0.4 is 16.4 Å². The summed E-state index contributed by atoms with van der Waals surface area (Å²) >= 11 is 6.24. The maximum Gasteiger partial charge on any atom is 0.271 e. The Morgan fingerprint density at radius 3 is 2.77 bits per heavy atom. The fraction of sp³-hybridized carbons (Fsp3) is 0.400. The van der Waals surface area contributed by atoms with E-state index in [0.717, 1.165) is 0 Å². The smallest absolute Gasteiger partial charge is 0.271 e. The van der Waals surface area contributed by atoms with Crippen LogP contribution in [0.15, 0.2) is 18.3 Å². The number of hydrogen-bond acceptors (Lipinski definition) is 9. The highest BCUT2D eigenvalue weighted by atomic mass is 35.5. The topological polar surface area (TPSA) is 167 Å². The SMILES string of the molecule is CCNC(=O)c1ncccc1C#Cc1c(Cl)nc(N)nc1N[C@@H]1C[C@H](CO)[C@@H](O)[C@H]1O. The third-order valence-corrected chi connectivity index (χ3v) is 5.20. The Morgan fingerprint density at radius 1 is 1.32 bits per heavy atom. The minimum atomic E-state index is -1.13. The maximum atomic E-state index is 12.2. The van der Waals surface area contributed by atoms with Crippen LogP contribution in [0.3, 0.4) is 0 Å². The summed E-state index contributed by atoms with van der Waals surface area (Å²) in [6, 6.07) is 2.69. The summed E-state index contributed by atoms with van der Waals surface area (Å²) in [6.07, 6.45) is -0.416. The minimum Gasteiger partial charge on any atom is -0.396 e. The standard InChI is InChI=1S/C20H23ClN6O4/c1-2-23-19(31)14-10(4-3-7-24-14)5-6-12-17(21)26-20(22)27-18(12)25-13-8-11(9-28)15(29)16(13)30/h3-4,7,11,13,15-16,28-30H,2,8-9H2,1H3,(H,23,31)(H3,22,25,26,27)/t11-,13-,15-,16+/m1/s1. The molecule has 0 radical (unpaired) electrons. The van der Waals surface area contributed by atoms with E-state index >= 15 is 0 Å². The molecule has 0 aliphatic heterocycles. The zero-order valence-corrected chi connectivity index (χ0v) is 17.5. The van der Waals surface area contributed by atoms with Crippen LogP contribution in [-0.2, 0) is 0 Å². The van der Waals surface area contributed by atoms with Crippen molar-refractivity contribution in [3.05, 3.63) is 40.3 Å². The monoisotopic (exact) mass is 446 g/mol. The number of aromatic nitrogens is 3. The number of pyridine rings is 1. The van der Waals surface area contributed by atoms with E-state index in [0.29, 0.717) is 18.5 Å². The van der Waals surface area contributed by atoms with Crippen molar-refractivity contribution in [1.82, 2.24) is 20.3 Å². The van der Waals surface area contributed by atoms with Crippen molar-refractivity contribution in [3.8, 4) is 11.8 Å². The van der Waals surface area contributed by atoms with Crippen molar-refractivity contribution >= 4 is 29.3 Å². The Hall–Kier alpha value is -2.97. The lowest BCUT2D eigenvalue weighted by atomic mass is 10.1. The summed E-state index contributed by atoms with van der Waals surface area (Å²) in [6.45, 7) is 1.98. The van der Waals surface area contributed by atoms with Crippen LogP contribution in [0.2, 0.25) is 5.15 Å². The molecule has 3 rings (SSSR count). The first kappa shape index (κ1) is 22.7. The van der Waals surface area contributed by atoms with Gasteiger partial charge >= 0.3 is 0 Å². The van der Waals surface area contributed by atoms with Crippen LogP contribution in [0.4, 0.5) is 11.8 Å². The summed E-state index contributed by atoms with van der Waals surface area (Å²) in [5.74, 6) is 4.94. The molecule has 1 amide bonds. The van der Waals surface area contributed by atoms with E-state index < -0.39 is 24.2 Å². The molecule has 2 heterocycles. The van der Waals surface area contributed by atoms with E-state index in [-0.39, 0.29) is 40.7 Å². The normalized spacial score (nSPS) is 22.5. The van der Waals surface area contributed by atoms with Gasteiger partial charge in [-0.05, 0) is 25.5 Å². The van der Waals surface area contributed by atoms with Crippen molar-refractivity contribution in [2.45, 2.75) is 31.6 Å². The molecule has 31 heavy (non-hydrogen) atoms. The number of nitrogens with two attached hydrogens (primary N) is 1. The zero-order valence-electron chi connectivity index (χ0n) is 16.7. The molecule has 1 aliphatic rings. The second-order valence-corrected chi connectivity index (χ2v) is 7.37.